The van der Waals surface area contributed by atoms with E-state index >= 15 is 0 Å². The number of sulfonamides is 1. The third kappa shape index (κ3) is 5.38. The SMILES string of the molecule is O=C(O)CC[C@@H]1CN(S(=O)(=O)c2cccc(C(F)(F)F)c2)c2cc(-c3cccc(Cl)c3)ccc2O1. The number of halogens is 4. The topological polar surface area (TPSA) is 83.9 Å². The third-order valence-corrected chi connectivity index (χ3v) is 7.49. The van der Waals surface area contributed by atoms with Crippen LogP contribution in [0.4, 0.5) is 18.9 Å². The van der Waals surface area contributed by atoms with Crippen LogP contribution in [-0.4, -0.2) is 32.1 Å². The molecule has 3 aromatic carbocycles. The summed E-state index contributed by atoms with van der Waals surface area (Å²) in [5.74, 6) is -0.907. The predicted molar refractivity (Wildman–Crippen MR) is 124 cm³/mol. The van der Waals surface area contributed by atoms with Gasteiger partial charge in [-0.25, -0.2) is 8.42 Å². The molecule has 0 aromatic heterocycles. The van der Waals surface area contributed by atoms with Crippen LogP contribution >= 0.6 is 11.6 Å². The van der Waals surface area contributed by atoms with Gasteiger partial charge in [-0.1, -0.05) is 35.9 Å². The van der Waals surface area contributed by atoms with Gasteiger partial charge in [-0.3, -0.25) is 9.10 Å². The number of aliphatic carboxylic acids is 1. The van der Waals surface area contributed by atoms with Gasteiger partial charge in [0.1, 0.15) is 11.9 Å². The molecule has 3 aromatic rings. The first kappa shape index (κ1) is 24.9. The number of rotatable bonds is 6. The Morgan fingerprint density at radius 2 is 1.77 bits per heavy atom. The Morgan fingerprint density at radius 3 is 2.46 bits per heavy atom. The lowest BCUT2D eigenvalue weighted by molar-refractivity contribution is -0.138. The summed E-state index contributed by atoms with van der Waals surface area (Å²) in [7, 11) is -4.46. The number of fused-ring (bicyclic) bond motifs is 1. The van der Waals surface area contributed by atoms with Crippen LogP contribution in [0.5, 0.6) is 5.75 Å². The summed E-state index contributed by atoms with van der Waals surface area (Å²) in [5, 5.41) is 9.50. The highest BCUT2D eigenvalue weighted by atomic mass is 35.5. The second-order valence-electron chi connectivity index (χ2n) is 7.93. The summed E-state index contributed by atoms with van der Waals surface area (Å²) < 4.78 is 73.8. The van der Waals surface area contributed by atoms with Gasteiger partial charge in [-0.15, -0.1) is 0 Å². The van der Waals surface area contributed by atoms with Crippen molar-refractivity contribution in [1.29, 1.82) is 0 Å². The van der Waals surface area contributed by atoms with E-state index in [0.717, 1.165) is 22.5 Å². The van der Waals surface area contributed by atoms with Crippen molar-refractivity contribution in [3.05, 3.63) is 77.3 Å². The molecule has 1 atom stereocenters. The fraction of sp³-hybridized carbons (Fsp3) is 0.208. The molecule has 184 valence electrons. The molecule has 1 heterocycles. The van der Waals surface area contributed by atoms with Crippen molar-refractivity contribution >= 4 is 33.3 Å². The predicted octanol–water partition coefficient (Wildman–Crippen LogP) is 5.85. The number of ether oxygens (including phenoxy) is 1. The molecule has 0 fully saturated rings. The van der Waals surface area contributed by atoms with Gasteiger partial charge >= 0.3 is 12.1 Å². The Labute approximate surface area is 204 Å². The Kier molecular flexibility index (Phi) is 6.70. The molecule has 6 nitrogen and oxygen atoms in total. The van der Waals surface area contributed by atoms with Gasteiger partial charge in [-0.05, 0) is 60.0 Å². The highest BCUT2D eigenvalue weighted by Crippen LogP contribution is 2.41. The lowest BCUT2D eigenvalue weighted by Gasteiger charge is -2.36. The quantitative estimate of drug-likeness (QED) is 0.436. The van der Waals surface area contributed by atoms with Gasteiger partial charge in [0, 0.05) is 11.4 Å². The fourth-order valence-corrected chi connectivity index (χ4v) is 5.52. The number of benzene rings is 3. The number of nitrogens with zero attached hydrogens (tertiary/aromatic N) is 1. The number of hydrogen-bond acceptors (Lipinski definition) is 4. The lowest BCUT2D eigenvalue weighted by atomic mass is 10.0. The van der Waals surface area contributed by atoms with Gasteiger partial charge in [0.15, 0.2) is 0 Å². The van der Waals surface area contributed by atoms with Gasteiger partial charge < -0.3 is 9.84 Å². The van der Waals surface area contributed by atoms with E-state index in [1.807, 2.05) is 0 Å². The molecule has 4 rings (SSSR count). The molecular formula is C24H19ClF3NO5S. The van der Waals surface area contributed by atoms with Crippen LogP contribution in [0.3, 0.4) is 0 Å². The van der Waals surface area contributed by atoms with Crippen molar-refractivity contribution in [1.82, 2.24) is 0 Å². The Balaban J connectivity index is 1.81. The minimum Gasteiger partial charge on any atom is -0.486 e. The van der Waals surface area contributed by atoms with Crippen molar-refractivity contribution in [3.63, 3.8) is 0 Å². The van der Waals surface area contributed by atoms with E-state index in [-0.39, 0.29) is 30.8 Å². The minimum atomic E-state index is -4.72. The second-order valence-corrected chi connectivity index (χ2v) is 10.2. The molecule has 35 heavy (non-hydrogen) atoms. The largest absolute Gasteiger partial charge is 0.486 e. The number of anilines is 1. The lowest BCUT2D eigenvalue weighted by Crippen LogP contribution is -2.43. The van der Waals surface area contributed by atoms with Crippen LogP contribution in [0.15, 0.2) is 71.6 Å². The summed E-state index contributed by atoms with van der Waals surface area (Å²) >= 11 is 6.08. The molecule has 1 N–H and O–H groups in total. The first-order valence-corrected chi connectivity index (χ1v) is 12.3. The molecular weight excluding hydrogens is 507 g/mol. The molecule has 0 spiro atoms. The smallest absolute Gasteiger partial charge is 0.416 e. The zero-order valence-corrected chi connectivity index (χ0v) is 19.6. The normalized spacial score (nSPS) is 15.9. The molecule has 1 aliphatic heterocycles. The van der Waals surface area contributed by atoms with Crippen LogP contribution in [0.2, 0.25) is 5.02 Å². The minimum absolute atomic E-state index is 0.0133. The van der Waals surface area contributed by atoms with Crippen LogP contribution in [0, 0.1) is 0 Å². The monoisotopic (exact) mass is 525 g/mol. The van der Waals surface area contributed by atoms with Crippen molar-refractivity contribution in [3.8, 4) is 16.9 Å². The average Bonchev–Trinajstić information content (AvgIpc) is 2.81. The van der Waals surface area contributed by atoms with E-state index in [9.17, 15) is 26.4 Å². The zero-order chi connectivity index (χ0) is 25.4. The van der Waals surface area contributed by atoms with E-state index in [0.29, 0.717) is 22.2 Å². The van der Waals surface area contributed by atoms with Crippen molar-refractivity contribution in [2.24, 2.45) is 0 Å². The van der Waals surface area contributed by atoms with E-state index in [2.05, 4.69) is 0 Å². The molecule has 1 aliphatic rings. The molecule has 0 saturated heterocycles. The number of carboxylic acid groups (broad SMARTS) is 1. The maximum atomic E-state index is 13.6. The molecule has 0 amide bonds. The maximum Gasteiger partial charge on any atom is 0.416 e. The molecule has 0 saturated carbocycles. The van der Waals surface area contributed by atoms with E-state index < -0.39 is 38.7 Å². The second kappa shape index (κ2) is 9.43. The van der Waals surface area contributed by atoms with Gasteiger partial charge in [0.05, 0.1) is 22.7 Å². The van der Waals surface area contributed by atoms with E-state index in [4.69, 9.17) is 21.4 Å². The molecule has 11 heteroatoms. The molecule has 0 aliphatic carbocycles. The first-order chi connectivity index (χ1) is 16.4. The van der Waals surface area contributed by atoms with Crippen molar-refractivity contribution in [2.75, 3.05) is 10.8 Å². The Bertz CT molecular complexity index is 1380. The molecule has 0 unspecified atom stereocenters. The Hall–Kier alpha value is -3.24. The zero-order valence-electron chi connectivity index (χ0n) is 18.0. The molecule has 0 bridgehead atoms. The Morgan fingerprint density at radius 1 is 1.06 bits per heavy atom. The number of alkyl halides is 3. The summed E-state index contributed by atoms with van der Waals surface area (Å²) in [5.41, 5.74) is 0.349. The third-order valence-electron chi connectivity index (χ3n) is 5.48. The highest BCUT2D eigenvalue weighted by molar-refractivity contribution is 7.92. The van der Waals surface area contributed by atoms with Crippen LogP contribution in [0.25, 0.3) is 11.1 Å². The van der Waals surface area contributed by atoms with Crippen LogP contribution in [-0.2, 0) is 21.0 Å². The first-order valence-electron chi connectivity index (χ1n) is 10.4. The van der Waals surface area contributed by atoms with Crippen LogP contribution < -0.4 is 9.04 Å². The van der Waals surface area contributed by atoms with Crippen LogP contribution in [0.1, 0.15) is 18.4 Å². The van der Waals surface area contributed by atoms with E-state index in [1.54, 1.807) is 42.5 Å². The maximum absolute atomic E-state index is 13.6. The number of carboxylic acids is 1. The average molecular weight is 526 g/mol. The van der Waals surface area contributed by atoms with E-state index in [1.165, 1.54) is 0 Å². The fourth-order valence-electron chi connectivity index (χ4n) is 3.78. The molecule has 0 radical (unpaired) electrons. The number of carbonyl (C=O) groups is 1. The van der Waals surface area contributed by atoms with Crippen molar-refractivity contribution in [2.45, 2.75) is 30.0 Å². The number of hydrogen-bond donors (Lipinski definition) is 1. The van der Waals surface area contributed by atoms with Crippen molar-refractivity contribution < 1.29 is 36.2 Å². The standard InChI is InChI=1S/C24H19ClF3NO5S/c25-18-5-1-3-15(11-18)16-7-9-22-21(12-16)29(14-19(34-22)8-10-23(30)31)35(32,33)20-6-2-4-17(13-20)24(26,27)28/h1-7,9,11-13,19H,8,10,14H2,(H,30,31)/t19-/m1/s1. The highest BCUT2D eigenvalue weighted by Gasteiger charge is 2.37. The summed E-state index contributed by atoms with van der Waals surface area (Å²) in [6.07, 6.45) is -5.79. The summed E-state index contributed by atoms with van der Waals surface area (Å²) in [6, 6.07) is 15.2. The summed E-state index contributed by atoms with van der Waals surface area (Å²) in [4.78, 5) is 10.5. The van der Waals surface area contributed by atoms with Gasteiger partial charge in [-0.2, -0.15) is 13.2 Å². The summed E-state index contributed by atoms with van der Waals surface area (Å²) in [6.45, 7) is -0.266. The van der Waals surface area contributed by atoms with Gasteiger partial charge in [0.25, 0.3) is 10.0 Å². The van der Waals surface area contributed by atoms with Gasteiger partial charge in [0.2, 0.25) is 0 Å².